The second-order valence-electron chi connectivity index (χ2n) is 8.72. The Morgan fingerprint density at radius 2 is 2.00 bits per heavy atom. The molecule has 1 fully saturated rings. The molecule has 2 aromatic rings. The van der Waals surface area contributed by atoms with Gasteiger partial charge in [-0.3, -0.25) is 19.2 Å². The number of cyclic esters (lactones) is 1. The molecule has 2 heterocycles. The van der Waals surface area contributed by atoms with Gasteiger partial charge in [0.25, 0.3) is 0 Å². The Morgan fingerprint density at radius 1 is 1.27 bits per heavy atom. The van der Waals surface area contributed by atoms with Gasteiger partial charge in [0.1, 0.15) is 11.2 Å². The third kappa shape index (κ3) is 9.67. The summed E-state index contributed by atoms with van der Waals surface area (Å²) >= 11 is 3.40. The second kappa shape index (κ2) is 14.1. The van der Waals surface area contributed by atoms with Gasteiger partial charge in [-0.05, 0) is 67.7 Å². The normalized spacial score (nSPS) is 14.5. The van der Waals surface area contributed by atoms with E-state index in [9.17, 15) is 19.2 Å². The number of hydrogen-bond donors (Lipinski definition) is 5. The van der Waals surface area contributed by atoms with Crippen LogP contribution in [-0.2, 0) is 23.9 Å². The van der Waals surface area contributed by atoms with E-state index in [0.29, 0.717) is 54.3 Å². The number of halogens is 1. The first-order valence-electron chi connectivity index (χ1n) is 11.6. The van der Waals surface area contributed by atoms with E-state index in [-0.39, 0.29) is 12.1 Å². The monoisotopic (exact) mass is 577 g/mol. The van der Waals surface area contributed by atoms with Gasteiger partial charge in [-0.2, -0.15) is 4.98 Å². The van der Waals surface area contributed by atoms with Crippen LogP contribution in [0.5, 0.6) is 0 Å². The van der Waals surface area contributed by atoms with Crippen molar-refractivity contribution >= 4 is 63.3 Å². The number of nitrogens with two attached hydrogens (primary N) is 1. The molecule has 3 amide bonds. The summed E-state index contributed by atoms with van der Waals surface area (Å²) < 4.78 is 5.41. The van der Waals surface area contributed by atoms with Crippen molar-refractivity contribution in [2.45, 2.75) is 46.1 Å². The summed E-state index contributed by atoms with van der Waals surface area (Å²) in [6.07, 6.45) is 4.52. The van der Waals surface area contributed by atoms with Crippen molar-refractivity contribution in [1.82, 2.24) is 15.3 Å². The van der Waals surface area contributed by atoms with Crippen LogP contribution in [-0.4, -0.2) is 53.4 Å². The molecule has 12 nitrogen and oxygen atoms in total. The number of carbonyl (C=O) groups excluding carboxylic acids is 4. The van der Waals surface area contributed by atoms with Crippen LogP contribution in [0.2, 0.25) is 0 Å². The molecule has 200 valence electrons. The Kier molecular flexibility index (Phi) is 11.2. The van der Waals surface area contributed by atoms with Crippen LogP contribution in [0.25, 0.3) is 0 Å². The molecule has 13 heteroatoms. The molecule has 1 aliphatic heterocycles. The first-order chi connectivity index (χ1) is 17.5. The van der Waals surface area contributed by atoms with Crippen molar-refractivity contribution in [3.63, 3.8) is 0 Å². The summed E-state index contributed by atoms with van der Waals surface area (Å²) in [5, 5.41) is 11.5. The van der Waals surface area contributed by atoms with Crippen LogP contribution in [0.3, 0.4) is 0 Å². The number of nitrogens with one attached hydrogen (secondary N) is 4. The molecule has 0 bridgehead atoms. The number of benzene rings is 1. The SMILES string of the molecule is CC(C)(C(N)=O)C(=O)NCCCNc1nc(Nc2cccc(NC=O)c2)ncc1Br.C[C@H]1CCC(=O)O1. The van der Waals surface area contributed by atoms with Gasteiger partial charge in [0, 0.05) is 37.1 Å². The van der Waals surface area contributed by atoms with Gasteiger partial charge >= 0.3 is 5.97 Å². The van der Waals surface area contributed by atoms with Gasteiger partial charge in [-0.15, -0.1) is 0 Å². The zero-order valence-corrected chi connectivity index (χ0v) is 22.6. The Labute approximate surface area is 223 Å². The number of hydrogen-bond acceptors (Lipinski definition) is 9. The largest absolute Gasteiger partial charge is 0.463 e. The van der Waals surface area contributed by atoms with Crippen LogP contribution < -0.4 is 27.0 Å². The number of rotatable bonds is 11. The average molecular weight is 578 g/mol. The number of primary amides is 1. The summed E-state index contributed by atoms with van der Waals surface area (Å²) in [7, 11) is 0. The van der Waals surface area contributed by atoms with Gasteiger partial charge in [0.05, 0.1) is 10.6 Å². The summed E-state index contributed by atoms with van der Waals surface area (Å²) in [6, 6.07) is 7.13. The fourth-order valence-electron chi connectivity index (χ4n) is 2.93. The zero-order valence-electron chi connectivity index (χ0n) is 21.0. The first kappa shape index (κ1) is 29.5. The molecule has 0 saturated carbocycles. The van der Waals surface area contributed by atoms with Crippen molar-refractivity contribution in [3.05, 3.63) is 34.9 Å². The fraction of sp³-hybridized carbons (Fsp3) is 0.417. The molecule has 0 spiro atoms. The maximum absolute atomic E-state index is 12.0. The van der Waals surface area contributed by atoms with Crippen molar-refractivity contribution in [2.24, 2.45) is 11.1 Å². The predicted octanol–water partition coefficient (Wildman–Crippen LogP) is 2.69. The van der Waals surface area contributed by atoms with E-state index in [1.807, 2.05) is 13.0 Å². The minimum Gasteiger partial charge on any atom is -0.463 e. The van der Waals surface area contributed by atoms with Crippen LogP contribution in [0.15, 0.2) is 34.9 Å². The highest BCUT2D eigenvalue weighted by molar-refractivity contribution is 9.10. The molecular formula is C24H32BrN7O5. The Bertz CT molecular complexity index is 1110. The minimum atomic E-state index is -1.25. The fourth-order valence-corrected chi connectivity index (χ4v) is 3.26. The van der Waals surface area contributed by atoms with E-state index in [2.05, 4.69) is 47.2 Å². The van der Waals surface area contributed by atoms with Crippen molar-refractivity contribution < 1.29 is 23.9 Å². The van der Waals surface area contributed by atoms with Crippen molar-refractivity contribution in [3.8, 4) is 0 Å². The number of nitrogens with zero attached hydrogens (tertiary/aromatic N) is 2. The van der Waals surface area contributed by atoms with Gasteiger partial charge in [-0.25, -0.2) is 4.98 Å². The maximum atomic E-state index is 12.0. The lowest BCUT2D eigenvalue weighted by Crippen LogP contribution is -2.46. The highest BCUT2D eigenvalue weighted by atomic mass is 79.9. The van der Waals surface area contributed by atoms with E-state index in [1.165, 1.54) is 13.8 Å². The van der Waals surface area contributed by atoms with Crippen LogP contribution >= 0.6 is 15.9 Å². The molecule has 1 atom stereocenters. The van der Waals surface area contributed by atoms with Gasteiger partial charge < -0.3 is 31.7 Å². The van der Waals surface area contributed by atoms with Crippen LogP contribution in [0.4, 0.5) is 23.1 Å². The number of aromatic nitrogens is 2. The molecule has 1 aromatic heterocycles. The second-order valence-corrected chi connectivity index (χ2v) is 9.58. The third-order valence-electron chi connectivity index (χ3n) is 5.29. The lowest BCUT2D eigenvalue weighted by atomic mass is 9.91. The predicted molar refractivity (Wildman–Crippen MR) is 143 cm³/mol. The Morgan fingerprint density at radius 3 is 2.59 bits per heavy atom. The number of ether oxygens (including phenoxy) is 1. The van der Waals surface area contributed by atoms with E-state index < -0.39 is 17.2 Å². The van der Waals surface area contributed by atoms with E-state index in [0.717, 1.165) is 12.1 Å². The average Bonchev–Trinajstić information content (AvgIpc) is 3.23. The van der Waals surface area contributed by atoms with E-state index in [4.69, 9.17) is 10.5 Å². The van der Waals surface area contributed by atoms with Gasteiger partial charge in [0.15, 0.2) is 0 Å². The summed E-state index contributed by atoms with van der Waals surface area (Å²) in [5.74, 6) is -0.169. The quantitative estimate of drug-likeness (QED) is 0.116. The lowest BCUT2D eigenvalue weighted by Gasteiger charge is -2.19. The highest BCUT2D eigenvalue weighted by Gasteiger charge is 2.33. The Balaban J connectivity index is 0.000000591. The minimum absolute atomic E-state index is 0.0486. The maximum Gasteiger partial charge on any atom is 0.306 e. The van der Waals surface area contributed by atoms with Gasteiger partial charge in [-0.1, -0.05) is 6.07 Å². The molecule has 0 aliphatic carbocycles. The molecule has 1 saturated heterocycles. The molecule has 3 rings (SSSR count). The summed E-state index contributed by atoms with van der Waals surface area (Å²) in [4.78, 5) is 52.7. The lowest BCUT2D eigenvalue weighted by molar-refractivity contribution is -0.141. The molecule has 0 unspecified atom stereocenters. The highest BCUT2D eigenvalue weighted by Crippen LogP contribution is 2.23. The Hall–Kier alpha value is -3.74. The smallest absolute Gasteiger partial charge is 0.306 e. The molecular weight excluding hydrogens is 546 g/mol. The number of anilines is 4. The summed E-state index contributed by atoms with van der Waals surface area (Å²) in [5.41, 5.74) is 5.35. The molecule has 0 radical (unpaired) electrons. The van der Waals surface area contributed by atoms with Crippen LogP contribution in [0, 0.1) is 5.41 Å². The first-order valence-corrected chi connectivity index (χ1v) is 12.4. The van der Waals surface area contributed by atoms with E-state index in [1.54, 1.807) is 24.4 Å². The number of amides is 3. The third-order valence-corrected chi connectivity index (χ3v) is 5.87. The van der Waals surface area contributed by atoms with Crippen molar-refractivity contribution in [1.29, 1.82) is 0 Å². The van der Waals surface area contributed by atoms with E-state index >= 15 is 0 Å². The molecule has 1 aliphatic rings. The van der Waals surface area contributed by atoms with Crippen LogP contribution in [0.1, 0.15) is 40.0 Å². The molecule has 37 heavy (non-hydrogen) atoms. The summed E-state index contributed by atoms with van der Waals surface area (Å²) in [6.45, 7) is 5.79. The zero-order chi connectivity index (χ0) is 27.4. The molecule has 1 aromatic carbocycles. The van der Waals surface area contributed by atoms with Gasteiger partial charge in [0.2, 0.25) is 24.2 Å². The van der Waals surface area contributed by atoms with Crippen molar-refractivity contribution in [2.75, 3.05) is 29.0 Å². The number of carbonyl (C=O) groups is 4. The standard InChI is InChI=1S/C19H24BrN7O3.C5H8O2/c1-19(2,16(21)29)17(30)23-8-4-7-22-15-14(20)10-24-18(27-15)26-13-6-3-5-12(9-13)25-11-28;1-4-2-3-5(6)7-4/h3,5-6,9-11H,4,7-8H2,1-2H3,(H2,21,29)(H,23,30)(H,25,28)(H2,22,24,26,27);4H,2-3H2,1H3/t;4-/m.0/s1. The number of esters is 1. The molecule has 6 N–H and O–H groups in total. The topological polar surface area (TPSA) is 177 Å².